The standard InChI is InChI=1S/2C25H21ClP.4ClH.4Mn.2H2O.10O/c2*26-22-18-16-21(17-19-22)20-27(23-10-4-1-5-11-23,24-12-6-2-7-13-24)25-14-8-3-9-15-25;;;;;;;;;;;;;;;;;;;;/h2*1-19H,20H2;4*1H;;;;;2*1H2;;;;;;;;;;/q2*+1;;;;;2*+1;2*+2;;;;;;;;;;;2*-1/p-6. The van der Waals surface area contributed by atoms with E-state index >= 15 is 0 Å². The van der Waals surface area contributed by atoms with Crippen molar-refractivity contribution in [3.05, 3.63) is 252 Å². The Kier molecular flexibility index (Phi) is 27.4. The van der Waals surface area contributed by atoms with E-state index in [9.17, 15) is 0 Å². The Hall–Kier alpha value is -3.32. The first kappa shape index (κ1) is 65.0. The third-order valence-electron chi connectivity index (χ3n) is 9.85. The molecule has 0 spiro atoms. The van der Waals surface area contributed by atoms with Gasteiger partial charge in [0.1, 0.15) is 46.4 Å². The molecule has 0 heterocycles. The molecule has 0 unspecified atom stereocenters. The second-order valence-corrected chi connectivity index (χ2v) is 33.1. The fraction of sp³-hybridized carbons (Fsp3) is 0.0400. The summed E-state index contributed by atoms with van der Waals surface area (Å²) in [6, 6.07) is 82.4. The van der Waals surface area contributed by atoms with Crippen molar-refractivity contribution in [1.29, 1.82) is 0 Å². The summed E-state index contributed by atoms with van der Waals surface area (Å²) in [5.74, 6) is 0. The van der Waals surface area contributed by atoms with Crippen LogP contribution in [-0.2, 0) is 91.5 Å². The van der Waals surface area contributed by atoms with Gasteiger partial charge in [-0.25, -0.2) is 0 Å². The molecule has 396 valence electrons. The van der Waals surface area contributed by atoms with Crippen LogP contribution in [0.1, 0.15) is 11.1 Å². The van der Waals surface area contributed by atoms with Crippen LogP contribution in [0.25, 0.3) is 0 Å². The van der Waals surface area contributed by atoms with Crippen LogP contribution in [0, 0.1) is 0 Å². The summed E-state index contributed by atoms with van der Waals surface area (Å²) in [5.41, 5.74) is 2.62. The third-order valence-corrected chi connectivity index (χ3v) is 19.1. The molecule has 0 saturated heterocycles. The number of benzene rings is 8. The minimum atomic E-state index is -4.90. The quantitative estimate of drug-likeness (QED) is 0.0964. The van der Waals surface area contributed by atoms with Gasteiger partial charge in [-0.1, -0.05) is 157 Å². The molecule has 0 fully saturated rings. The van der Waals surface area contributed by atoms with E-state index in [0.29, 0.717) is 0 Å². The van der Waals surface area contributed by atoms with Gasteiger partial charge in [-0.05, 0) is 108 Å². The summed E-state index contributed by atoms with van der Waals surface area (Å²) in [7, 11) is 12.6. The molecule has 12 nitrogen and oxygen atoms in total. The number of halogens is 6. The van der Waals surface area contributed by atoms with Gasteiger partial charge in [-0.15, -0.1) is 0 Å². The van der Waals surface area contributed by atoms with E-state index in [4.69, 9.17) is 70.6 Å². The predicted molar refractivity (Wildman–Crippen MR) is 274 cm³/mol. The molecule has 8 aromatic rings. The van der Waals surface area contributed by atoms with E-state index in [0.717, 1.165) is 22.4 Å². The molecule has 0 bridgehead atoms. The fourth-order valence-electron chi connectivity index (χ4n) is 7.26. The van der Waals surface area contributed by atoms with E-state index in [1.54, 1.807) is 0 Å². The zero-order chi connectivity index (χ0) is 55.1. The Morgan fingerprint density at radius 1 is 0.311 bits per heavy atom. The van der Waals surface area contributed by atoms with E-state index in [2.05, 4.69) is 247 Å². The van der Waals surface area contributed by atoms with Crippen LogP contribution in [0.3, 0.4) is 0 Å². The normalized spacial score (nSPS) is 11.4. The first-order valence-electron chi connectivity index (χ1n) is 20.6. The van der Waals surface area contributed by atoms with Gasteiger partial charge in [0.2, 0.25) is 0 Å². The van der Waals surface area contributed by atoms with Gasteiger partial charge >= 0.3 is 136 Å². The molecule has 0 radical (unpaired) electrons. The number of rotatable bonds is 10. The van der Waals surface area contributed by atoms with Crippen LogP contribution in [0.5, 0.6) is 0 Å². The SMILES string of the molecule is Clc1ccc(C[P+](c2ccccc2)(c2ccccc2)c2ccccc2)cc1.Clc1ccc(C[P+](c2ccccc2)(c2ccccc2)c2ccccc2)cc1.[O]=[Mn](=[O])([O-])[Cl].[O]=[Mn](=[O])([O-])[Cl].[O]=[Mn](=[O])([OH])[Cl].[O]=[Mn](=[O])([OH])[Cl]. The van der Waals surface area contributed by atoms with Crippen LogP contribution >= 0.6 is 78.1 Å². The number of hydrogen-bond acceptors (Lipinski definition) is 10. The van der Waals surface area contributed by atoms with E-state index in [1.165, 1.54) is 43.0 Å². The average molecular weight is 1330 g/mol. The molecular weight excluding hydrogens is 1290 g/mol. The molecule has 0 saturated carbocycles. The molecular formula is C50H44Cl6Mn4O12P2. The Morgan fingerprint density at radius 2 is 0.446 bits per heavy atom. The Balaban J connectivity index is 0.000000287. The van der Waals surface area contributed by atoms with E-state index in [1.807, 2.05) is 24.3 Å². The van der Waals surface area contributed by atoms with E-state index in [-0.39, 0.29) is 0 Å². The van der Waals surface area contributed by atoms with Gasteiger partial charge in [0.05, 0.1) is 12.3 Å². The molecule has 0 amide bonds. The minimum absolute atomic E-state index is 0.779. The second kappa shape index (κ2) is 31.2. The first-order valence-corrected chi connectivity index (χ1v) is 37.7. The molecule has 0 aromatic heterocycles. The Labute approximate surface area is 465 Å². The number of hydrogen-bond donors (Lipinski definition) is 2. The topological polar surface area (TPSA) is 223 Å². The summed E-state index contributed by atoms with van der Waals surface area (Å²) >= 11 is -6.83. The molecule has 24 heteroatoms. The zero-order valence-corrected chi connectivity index (χ0v) is 49.1. The maximum atomic E-state index is 9.01. The summed E-state index contributed by atoms with van der Waals surface area (Å²) in [4.78, 5) is 0. The molecule has 2 N–H and O–H groups in total. The van der Waals surface area contributed by atoms with Crippen LogP contribution in [0.4, 0.5) is 0 Å². The molecule has 74 heavy (non-hydrogen) atoms. The summed E-state index contributed by atoms with van der Waals surface area (Å²) in [5, 5.41) is 9.96. The van der Waals surface area contributed by atoms with Crippen LogP contribution in [0.15, 0.2) is 231 Å². The van der Waals surface area contributed by atoms with Crippen molar-refractivity contribution in [2.75, 3.05) is 0 Å². The summed E-state index contributed by atoms with van der Waals surface area (Å²) in [6.07, 6.45) is 1.95. The first-order chi connectivity index (χ1) is 34.6. The van der Waals surface area contributed by atoms with Crippen molar-refractivity contribution in [2.24, 2.45) is 0 Å². The summed E-state index contributed by atoms with van der Waals surface area (Å²) in [6.45, 7) is 0. The van der Waals surface area contributed by atoms with Crippen molar-refractivity contribution in [3.8, 4) is 0 Å². The van der Waals surface area contributed by atoms with Gasteiger partial charge in [0.25, 0.3) is 0 Å². The van der Waals surface area contributed by atoms with Gasteiger partial charge in [0.15, 0.2) is 0 Å². The maximum absolute atomic E-state index is 9.01. The average Bonchev–Trinajstić information content (AvgIpc) is 3.34. The molecule has 8 rings (SSSR count). The van der Waals surface area contributed by atoms with Crippen LogP contribution < -0.4 is 40.2 Å². The third kappa shape index (κ3) is 25.7. The Bertz CT molecular complexity index is 2860. The van der Waals surface area contributed by atoms with Crippen LogP contribution in [-0.4, -0.2) is 8.38 Å². The van der Waals surface area contributed by atoms with Crippen LogP contribution in [0.2, 0.25) is 10.0 Å². The van der Waals surface area contributed by atoms with Gasteiger partial charge in [0, 0.05) is 10.0 Å². The fourth-order valence-corrected chi connectivity index (χ4v) is 16.0. The molecule has 0 atom stereocenters. The Morgan fingerprint density at radius 3 is 0.581 bits per heavy atom. The van der Waals surface area contributed by atoms with Gasteiger partial charge < -0.3 is 0 Å². The van der Waals surface area contributed by atoms with E-state index < -0.39 is 63.0 Å². The van der Waals surface area contributed by atoms with Gasteiger partial charge in [-0.3, -0.25) is 0 Å². The van der Waals surface area contributed by atoms with Crippen molar-refractivity contribution in [3.63, 3.8) is 0 Å². The summed E-state index contributed by atoms with van der Waals surface area (Å²) < 4.78 is 104. The van der Waals surface area contributed by atoms with Crippen molar-refractivity contribution >= 4 is 110 Å². The van der Waals surface area contributed by atoms with Crippen molar-refractivity contribution < 1.29 is 95.9 Å². The second-order valence-electron chi connectivity index (χ2n) is 14.7. The monoisotopic (exact) mass is 1330 g/mol. The molecule has 0 aliphatic carbocycles. The zero-order valence-electron chi connectivity index (χ0n) is 38.0. The van der Waals surface area contributed by atoms with Crippen molar-refractivity contribution in [2.45, 2.75) is 12.3 Å². The van der Waals surface area contributed by atoms with Crippen molar-refractivity contribution in [1.82, 2.24) is 0 Å². The van der Waals surface area contributed by atoms with Gasteiger partial charge in [-0.2, -0.15) is 0 Å². The molecule has 0 aliphatic rings. The molecule has 8 aromatic carbocycles. The molecule has 0 aliphatic heterocycles. The predicted octanol–water partition coefficient (Wildman–Crippen LogP) is 9.97.